The predicted octanol–water partition coefficient (Wildman–Crippen LogP) is 4.14. The fourth-order valence-electron chi connectivity index (χ4n) is 3.81. The van der Waals surface area contributed by atoms with Crippen molar-refractivity contribution in [2.75, 3.05) is 10.8 Å². The molecule has 0 amide bonds. The molecule has 0 fully saturated rings. The molecule has 0 aliphatic carbocycles. The van der Waals surface area contributed by atoms with Crippen molar-refractivity contribution in [1.29, 1.82) is 0 Å². The van der Waals surface area contributed by atoms with Gasteiger partial charge >= 0.3 is 0 Å². The molecular weight excluding hydrogens is 370 g/mol. The summed E-state index contributed by atoms with van der Waals surface area (Å²) in [5, 5.41) is 0. The quantitative estimate of drug-likeness (QED) is 0.529. The second kappa shape index (κ2) is 6.21. The fraction of sp³-hybridized carbons (Fsp3) is 0.136. The number of benzene rings is 3. The van der Waals surface area contributed by atoms with E-state index in [2.05, 4.69) is 4.98 Å². The van der Waals surface area contributed by atoms with E-state index in [0.29, 0.717) is 12.5 Å². The van der Waals surface area contributed by atoms with Gasteiger partial charge in [0, 0.05) is 0 Å². The molecule has 140 valence electrons. The summed E-state index contributed by atoms with van der Waals surface area (Å²) in [4.78, 5) is 4.95. The molecule has 0 saturated carbocycles. The predicted molar refractivity (Wildman–Crippen MR) is 110 cm³/mol. The van der Waals surface area contributed by atoms with E-state index in [4.69, 9.17) is 0 Å². The molecule has 1 aliphatic heterocycles. The van der Waals surface area contributed by atoms with Gasteiger partial charge in [-0.3, -0.25) is 4.57 Å². The maximum Gasteiger partial charge on any atom is 0.266 e. The van der Waals surface area contributed by atoms with Gasteiger partial charge in [0.25, 0.3) is 10.0 Å². The third-order valence-corrected chi connectivity index (χ3v) is 7.00. The van der Waals surface area contributed by atoms with Crippen LogP contribution in [-0.2, 0) is 10.0 Å². The van der Waals surface area contributed by atoms with Crippen molar-refractivity contribution >= 4 is 27.0 Å². The zero-order chi connectivity index (χ0) is 19.3. The Labute approximate surface area is 163 Å². The number of rotatable bonds is 3. The molecule has 1 atom stereocenters. The smallest absolute Gasteiger partial charge is 0.266 e. The minimum absolute atomic E-state index is 0.121. The molecule has 0 radical (unpaired) electrons. The Bertz CT molecular complexity index is 1260. The van der Waals surface area contributed by atoms with Crippen LogP contribution in [-0.4, -0.2) is 24.5 Å². The Kier molecular flexibility index (Phi) is 3.77. The van der Waals surface area contributed by atoms with Crippen molar-refractivity contribution in [3.05, 3.63) is 90.0 Å². The number of fused-ring (bicyclic) bond motifs is 3. The Balaban J connectivity index is 1.71. The van der Waals surface area contributed by atoms with E-state index in [0.717, 1.165) is 22.2 Å². The SMILES string of the molecule is Cc1ccc(S(=O)(=O)N2CC(c3ccccc3)n3c2nc2ccccc23)cc1. The van der Waals surface area contributed by atoms with E-state index in [9.17, 15) is 8.42 Å². The van der Waals surface area contributed by atoms with Crippen LogP contribution in [0.1, 0.15) is 17.2 Å². The van der Waals surface area contributed by atoms with Gasteiger partial charge in [0.1, 0.15) is 0 Å². The minimum Gasteiger partial charge on any atom is -0.300 e. The molecule has 2 heterocycles. The number of nitrogens with zero attached hydrogens (tertiary/aromatic N) is 3. The van der Waals surface area contributed by atoms with E-state index < -0.39 is 10.0 Å². The maximum atomic E-state index is 13.4. The van der Waals surface area contributed by atoms with Crippen LogP contribution in [0, 0.1) is 6.92 Å². The number of hydrogen-bond donors (Lipinski definition) is 0. The summed E-state index contributed by atoms with van der Waals surface area (Å²) in [5.74, 6) is 0.468. The van der Waals surface area contributed by atoms with E-state index in [1.807, 2.05) is 78.2 Å². The average Bonchev–Trinajstić information content (AvgIpc) is 3.26. The summed E-state index contributed by atoms with van der Waals surface area (Å²) in [6.07, 6.45) is 0. The number of para-hydroxylation sites is 2. The summed E-state index contributed by atoms with van der Waals surface area (Å²) in [7, 11) is -3.71. The van der Waals surface area contributed by atoms with Crippen molar-refractivity contribution in [3.63, 3.8) is 0 Å². The van der Waals surface area contributed by atoms with E-state index >= 15 is 0 Å². The number of sulfonamides is 1. The number of anilines is 1. The highest BCUT2D eigenvalue weighted by atomic mass is 32.2. The van der Waals surface area contributed by atoms with Crippen LogP contribution in [0.5, 0.6) is 0 Å². The molecular formula is C22H19N3O2S. The van der Waals surface area contributed by atoms with Crippen molar-refractivity contribution in [2.45, 2.75) is 17.9 Å². The lowest BCUT2D eigenvalue weighted by atomic mass is 10.1. The lowest BCUT2D eigenvalue weighted by Crippen LogP contribution is -2.30. The molecule has 0 N–H and O–H groups in total. The van der Waals surface area contributed by atoms with Gasteiger partial charge in [-0.05, 0) is 36.8 Å². The third kappa shape index (κ3) is 2.52. The van der Waals surface area contributed by atoms with E-state index in [1.54, 1.807) is 12.1 Å². The fourth-order valence-corrected chi connectivity index (χ4v) is 5.22. The summed E-state index contributed by atoms with van der Waals surface area (Å²) in [6, 6.07) is 24.6. The van der Waals surface area contributed by atoms with Crippen LogP contribution >= 0.6 is 0 Å². The van der Waals surface area contributed by atoms with Crippen LogP contribution in [0.25, 0.3) is 11.0 Å². The molecule has 5 nitrogen and oxygen atoms in total. The van der Waals surface area contributed by atoms with Gasteiger partial charge in [0.05, 0.1) is 28.5 Å². The molecule has 1 unspecified atom stereocenters. The second-order valence-corrected chi connectivity index (χ2v) is 8.91. The van der Waals surface area contributed by atoms with Crippen molar-refractivity contribution in [3.8, 4) is 0 Å². The first-order chi connectivity index (χ1) is 13.6. The zero-order valence-corrected chi connectivity index (χ0v) is 16.2. The molecule has 4 aromatic rings. The van der Waals surface area contributed by atoms with Crippen LogP contribution in [0.4, 0.5) is 5.95 Å². The van der Waals surface area contributed by atoms with Gasteiger partial charge in [0.2, 0.25) is 5.95 Å². The molecule has 0 saturated heterocycles. The summed E-state index contributed by atoms with van der Waals surface area (Å²) < 4.78 is 30.3. The lowest BCUT2D eigenvalue weighted by Gasteiger charge is -2.18. The first kappa shape index (κ1) is 17.0. The summed E-state index contributed by atoms with van der Waals surface area (Å²) in [5.41, 5.74) is 3.82. The van der Waals surface area contributed by atoms with Gasteiger partial charge < -0.3 is 0 Å². The second-order valence-electron chi connectivity index (χ2n) is 7.05. The van der Waals surface area contributed by atoms with Gasteiger partial charge in [-0.2, -0.15) is 0 Å². The summed E-state index contributed by atoms with van der Waals surface area (Å²) in [6.45, 7) is 2.27. The third-order valence-electron chi connectivity index (χ3n) is 5.24. The van der Waals surface area contributed by atoms with Crippen LogP contribution in [0.15, 0.2) is 83.8 Å². The Morgan fingerprint density at radius 2 is 1.57 bits per heavy atom. The average molecular weight is 389 g/mol. The standard InChI is InChI=1S/C22H19N3O2S/c1-16-11-13-18(14-12-16)28(26,27)24-15-21(17-7-3-2-4-8-17)25-20-10-6-5-9-19(20)23-22(24)25/h2-14,21H,15H2,1H3. The molecule has 3 aromatic carbocycles. The maximum absolute atomic E-state index is 13.4. The Hall–Kier alpha value is -3.12. The minimum atomic E-state index is -3.71. The van der Waals surface area contributed by atoms with Gasteiger partial charge in [0.15, 0.2) is 0 Å². The van der Waals surface area contributed by atoms with Crippen LogP contribution in [0.3, 0.4) is 0 Å². The van der Waals surface area contributed by atoms with Crippen LogP contribution < -0.4 is 4.31 Å². The first-order valence-corrected chi connectivity index (χ1v) is 10.6. The molecule has 28 heavy (non-hydrogen) atoms. The Morgan fingerprint density at radius 3 is 2.32 bits per heavy atom. The molecule has 6 heteroatoms. The topological polar surface area (TPSA) is 55.2 Å². The van der Waals surface area contributed by atoms with Crippen molar-refractivity contribution in [2.24, 2.45) is 0 Å². The lowest BCUT2D eigenvalue weighted by molar-refractivity contribution is 0.589. The van der Waals surface area contributed by atoms with Crippen molar-refractivity contribution in [1.82, 2.24) is 9.55 Å². The highest BCUT2D eigenvalue weighted by Crippen LogP contribution is 2.39. The number of aryl methyl sites for hydroxylation is 1. The molecule has 5 rings (SSSR count). The monoisotopic (exact) mass is 389 g/mol. The molecule has 1 aromatic heterocycles. The largest absolute Gasteiger partial charge is 0.300 e. The zero-order valence-electron chi connectivity index (χ0n) is 15.4. The molecule has 0 spiro atoms. The number of hydrogen-bond acceptors (Lipinski definition) is 3. The first-order valence-electron chi connectivity index (χ1n) is 9.17. The Morgan fingerprint density at radius 1 is 0.893 bits per heavy atom. The van der Waals surface area contributed by atoms with Gasteiger partial charge in [-0.15, -0.1) is 0 Å². The normalized spacial score (nSPS) is 16.5. The van der Waals surface area contributed by atoms with Gasteiger partial charge in [-0.1, -0.05) is 60.2 Å². The van der Waals surface area contributed by atoms with Gasteiger partial charge in [-0.25, -0.2) is 17.7 Å². The van der Waals surface area contributed by atoms with Crippen molar-refractivity contribution < 1.29 is 8.42 Å². The van der Waals surface area contributed by atoms with Crippen LogP contribution in [0.2, 0.25) is 0 Å². The highest BCUT2D eigenvalue weighted by molar-refractivity contribution is 7.92. The van der Waals surface area contributed by atoms with E-state index in [-0.39, 0.29) is 10.9 Å². The van der Waals surface area contributed by atoms with E-state index in [1.165, 1.54) is 4.31 Å². The summed E-state index contributed by atoms with van der Waals surface area (Å²) >= 11 is 0. The highest BCUT2D eigenvalue weighted by Gasteiger charge is 2.39. The molecule has 1 aliphatic rings. The molecule has 0 bridgehead atoms. The number of aromatic nitrogens is 2. The number of imidazole rings is 1.